The van der Waals surface area contributed by atoms with Gasteiger partial charge in [0.25, 0.3) is 0 Å². The van der Waals surface area contributed by atoms with Crippen molar-refractivity contribution in [1.82, 2.24) is 4.90 Å². The van der Waals surface area contributed by atoms with E-state index < -0.39 is 11.8 Å². The summed E-state index contributed by atoms with van der Waals surface area (Å²) in [6, 6.07) is 5.43. The number of nitrogens with one attached hydrogen (secondary N) is 1. The van der Waals surface area contributed by atoms with Crippen molar-refractivity contribution in [3.8, 4) is 0 Å². The molecule has 0 fully saturated rings. The molecule has 0 heterocycles. The van der Waals surface area contributed by atoms with Crippen LogP contribution in [0.4, 0.5) is 5.69 Å². The Morgan fingerprint density at radius 1 is 1.30 bits per heavy atom. The summed E-state index contributed by atoms with van der Waals surface area (Å²) in [6.45, 7) is 10.0. The molecule has 0 aliphatic carbocycles. The molecule has 0 saturated carbocycles. The summed E-state index contributed by atoms with van der Waals surface area (Å²) < 4.78 is 0.965. The first-order valence-corrected chi connectivity index (χ1v) is 7.35. The van der Waals surface area contributed by atoms with E-state index >= 15 is 0 Å². The van der Waals surface area contributed by atoms with E-state index in [1.54, 1.807) is 11.0 Å². The Hall–Kier alpha value is -1.36. The molecule has 1 aromatic carbocycles. The molecule has 0 radical (unpaired) electrons. The fourth-order valence-corrected chi connectivity index (χ4v) is 2.20. The molecule has 1 aromatic rings. The van der Waals surface area contributed by atoms with Gasteiger partial charge in [-0.15, -0.1) is 0 Å². The van der Waals surface area contributed by atoms with Crippen molar-refractivity contribution >= 4 is 33.4 Å². The lowest BCUT2D eigenvalue weighted by molar-refractivity contribution is -0.146. The highest BCUT2D eigenvalue weighted by molar-refractivity contribution is 9.10. The van der Waals surface area contributed by atoms with Crippen LogP contribution in [0, 0.1) is 6.92 Å². The zero-order valence-electron chi connectivity index (χ0n) is 12.6. The number of likely N-dealkylation sites (N-methyl/N-ethyl adjacent to an activating group) is 1. The minimum Gasteiger partial charge on any atom is -0.330 e. The van der Waals surface area contributed by atoms with Crippen LogP contribution >= 0.6 is 15.9 Å². The van der Waals surface area contributed by atoms with E-state index in [9.17, 15) is 9.59 Å². The first-order chi connectivity index (χ1) is 9.16. The number of nitrogens with zero attached hydrogens (tertiary/aromatic N) is 1. The average molecular weight is 341 g/mol. The molecule has 0 aliphatic heterocycles. The maximum atomic E-state index is 12.2. The molecule has 1 rings (SSSR count). The van der Waals surface area contributed by atoms with Crippen molar-refractivity contribution in [3.63, 3.8) is 0 Å². The molecule has 0 atom stereocenters. The van der Waals surface area contributed by atoms with Crippen LogP contribution in [-0.4, -0.2) is 28.8 Å². The van der Waals surface area contributed by atoms with Gasteiger partial charge in [0.1, 0.15) is 0 Å². The molecular formula is C15H21BrN2O2. The lowest BCUT2D eigenvalue weighted by atomic mass is 10.1. The van der Waals surface area contributed by atoms with E-state index in [2.05, 4.69) is 21.2 Å². The van der Waals surface area contributed by atoms with Crippen LogP contribution in [0.25, 0.3) is 0 Å². The van der Waals surface area contributed by atoms with Gasteiger partial charge in [-0.05, 0) is 58.4 Å². The fourth-order valence-electron chi connectivity index (χ4n) is 1.95. The number of aryl methyl sites for hydroxylation is 1. The lowest BCUT2D eigenvalue weighted by Crippen LogP contribution is -2.49. The summed E-state index contributed by atoms with van der Waals surface area (Å²) in [5.41, 5.74) is 1.24. The number of carbonyl (C=O) groups excluding carboxylic acids is 2. The van der Waals surface area contributed by atoms with E-state index in [0.29, 0.717) is 12.2 Å². The fraction of sp³-hybridized carbons (Fsp3) is 0.467. The van der Waals surface area contributed by atoms with Crippen LogP contribution in [0.5, 0.6) is 0 Å². The van der Waals surface area contributed by atoms with Gasteiger partial charge in [-0.3, -0.25) is 9.59 Å². The van der Waals surface area contributed by atoms with Gasteiger partial charge in [0.05, 0.1) is 0 Å². The van der Waals surface area contributed by atoms with Crippen molar-refractivity contribution in [2.24, 2.45) is 0 Å². The van der Waals surface area contributed by atoms with Gasteiger partial charge in [0.2, 0.25) is 0 Å². The number of hydrogen-bond acceptors (Lipinski definition) is 2. The number of halogens is 1. The SMILES string of the molecule is CCN(C(=O)C(=O)Nc1ccc(Br)c(C)c1)C(C)(C)C. The third-order valence-electron chi connectivity index (χ3n) is 2.98. The lowest BCUT2D eigenvalue weighted by Gasteiger charge is -2.34. The smallest absolute Gasteiger partial charge is 0.313 e. The Balaban J connectivity index is 2.85. The highest BCUT2D eigenvalue weighted by atomic mass is 79.9. The summed E-state index contributed by atoms with van der Waals surface area (Å²) >= 11 is 3.40. The number of rotatable bonds is 2. The molecule has 0 spiro atoms. The first kappa shape index (κ1) is 16.7. The van der Waals surface area contributed by atoms with Gasteiger partial charge >= 0.3 is 11.8 Å². The summed E-state index contributed by atoms with van der Waals surface area (Å²) in [7, 11) is 0. The van der Waals surface area contributed by atoms with Crippen LogP contribution in [0.3, 0.4) is 0 Å². The van der Waals surface area contributed by atoms with Gasteiger partial charge in [-0.1, -0.05) is 15.9 Å². The largest absolute Gasteiger partial charge is 0.330 e. The quantitative estimate of drug-likeness (QED) is 0.839. The van der Waals surface area contributed by atoms with Crippen molar-refractivity contribution in [1.29, 1.82) is 0 Å². The second kappa shape index (κ2) is 6.39. The number of hydrogen-bond donors (Lipinski definition) is 1. The van der Waals surface area contributed by atoms with Crippen LogP contribution in [0.15, 0.2) is 22.7 Å². The standard InChI is InChI=1S/C15H21BrN2O2/c1-6-18(15(3,4)5)14(20)13(19)17-11-7-8-12(16)10(2)9-11/h7-9H,6H2,1-5H3,(H,17,19). The van der Waals surface area contributed by atoms with Crippen molar-refractivity contribution in [2.75, 3.05) is 11.9 Å². The summed E-state index contributed by atoms with van der Waals surface area (Å²) in [6.07, 6.45) is 0. The molecule has 20 heavy (non-hydrogen) atoms. The number of benzene rings is 1. The van der Waals surface area contributed by atoms with Crippen LogP contribution < -0.4 is 5.32 Å². The monoisotopic (exact) mass is 340 g/mol. The predicted molar refractivity (Wildman–Crippen MR) is 84.6 cm³/mol. The zero-order valence-corrected chi connectivity index (χ0v) is 14.2. The minimum atomic E-state index is -0.608. The molecule has 0 aliphatic rings. The number of anilines is 1. The predicted octanol–water partition coefficient (Wildman–Crippen LogP) is 3.34. The van der Waals surface area contributed by atoms with E-state index in [-0.39, 0.29) is 5.54 Å². The summed E-state index contributed by atoms with van der Waals surface area (Å²) in [5.74, 6) is -1.12. The van der Waals surface area contributed by atoms with Crippen molar-refractivity contribution in [3.05, 3.63) is 28.2 Å². The number of carbonyl (C=O) groups is 2. The highest BCUT2D eigenvalue weighted by Crippen LogP contribution is 2.20. The van der Waals surface area contributed by atoms with E-state index in [4.69, 9.17) is 0 Å². The van der Waals surface area contributed by atoms with Gasteiger partial charge in [0.15, 0.2) is 0 Å². The maximum Gasteiger partial charge on any atom is 0.313 e. The van der Waals surface area contributed by atoms with E-state index in [1.165, 1.54) is 0 Å². The Morgan fingerprint density at radius 3 is 2.35 bits per heavy atom. The molecule has 4 nitrogen and oxygen atoms in total. The molecule has 110 valence electrons. The van der Waals surface area contributed by atoms with Gasteiger partial charge in [-0.2, -0.15) is 0 Å². The first-order valence-electron chi connectivity index (χ1n) is 6.56. The van der Waals surface area contributed by atoms with Crippen molar-refractivity contribution in [2.45, 2.75) is 40.2 Å². The van der Waals surface area contributed by atoms with Gasteiger partial charge in [0, 0.05) is 22.2 Å². The van der Waals surface area contributed by atoms with Crippen LogP contribution in [0.1, 0.15) is 33.3 Å². The second-order valence-electron chi connectivity index (χ2n) is 5.64. The van der Waals surface area contributed by atoms with E-state index in [0.717, 1.165) is 10.0 Å². The zero-order chi connectivity index (χ0) is 15.5. The van der Waals surface area contributed by atoms with Gasteiger partial charge in [-0.25, -0.2) is 0 Å². The highest BCUT2D eigenvalue weighted by Gasteiger charge is 2.29. The molecule has 0 saturated heterocycles. The van der Waals surface area contributed by atoms with E-state index in [1.807, 2.05) is 46.8 Å². The Bertz CT molecular complexity index is 521. The van der Waals surface area contributed by atoms with Crippen molar-refractivity contribution < 1.29 is 9.59 Å². The number of amides is 2. The molecular weight excluding hydrogens is 320 g/mol. The maximum absolute atomic E-state index is 12.2. The molecule has 2 amide bonds. The normalized spacial score (nSPS) is 11.1. The van der Waals surface area contributed by atoms with Crippen LogP contribution in [-0.2, 0) is 9.59 Å². The molecule has 5 heteroatoms. The summed E-state index contributed by atoms with van der Waals surface area (Å²) in [4.78, 5) is 25.8. The third-order valence-corrected chi connectivity index (χ3v) is 3.87. The second-order valence-corrected chi connectivity index (χ2v) is 6.49. The molecule has 0 unspecified atom stereocenters. The average Bonchev–Trinajstić information content (AvgIpc) is 2.32. The van der Waals surface area contributed by atoms with Gasteiger partial charge < -0.3 is 10.2 Å². The summed E-state index contributed by atoms with van der Waals surface area (Å²) in [5, 5.41) is 2.65. The molecule has 0 bridgehead atoms. The molecule has 1 N–H and O–H groups in total. The Labute approximate surface area is 128 Å². The van der Waals surface area contributed by atoms with Crippen LogP contribution in [0.2, 0.25) is 0 Å². The topological polar surface area (TPSA) is 49.4 Å². The molecule has 0 aromatic heterocycles. The minimum absolute atomic E-state index is 0.376. The Morgan fingerprint density at radius 2 is 1.90 bits per heavy atom. The third kappa shape index (κ3) is 4.07. The Kier molecular flexibility index (Phi) is 5.34.